The summed E-state index contributed by atoms with van der Waals surface area (Å²) in [7, 11) is -5.64. The van der Waals surface area contributed by atoms with Crippen LogP contribution in [0.5, 0.6) is 17.2 Å². The lowest BCUT2D eigenvalue weighted by molar-refractivity contribution is -0.140. The molecule has 0 aliphatic heterocycles. The van der Waals surface area contributed by atoms with E-state index in [0.717, 1.165) is 21.5 Å². The summed E-state index contributed by atoms with van der Waals surface area (Å²) in [6, 6.07) is 4.94. The number of aliphatic carboxylic acids is 1. The number of benzene rings is 1. The second-order valence-electron chi connectivity index (χ2n) is 7.72. The fourth-order valence-corrected chi connectivity index (χ4v) is 8.75. The van der Waals surface area contributed by atoms with Crippen molar-refractivity contribution in [3.05, 3.63) is 60.0 Å². The molecule has 2 unspecified atom stereocenters. The highest BCUT2D eigenvalue weighted by Crippen LogP contribution is 2.35. The van der Waals surface area contributed by atoms with Crippen LogP contribution in [0.2, 0.25) is 0 Å². The number of alkyl halides is 2. The van der Waals surface area contributed by atoms with Crippen molar-refractivity contribution in [1.82, 2.24) is 13.9 Å². The zero-order valence-electron chi connectivity index (χ0n) is 21.9. The van der Waals surface area contributed by atoms with Crippen LogP contribution in [-0.2, 0) is 35.1 Å². The zero-order chi connectivity index (χ0) is 30.3. The van der Waals surface area contributed by atoms with E-state index in [1.165, 1.54) is 50.9 Å². The van der Waals surface area contributed by atoms with Crippen LogP contribution in [0.1, 0.15) is 12.6 Å². The molecule has 3 rings (SSSR count). The number of carboxylic acids is 1. The van der Waals surface area contributed by atoms with Gasteiger partial charge in [0.2, 0.25) is 5.16 Å². The summed E-state index contributed by atoms with van der Waals surface area (Å²) in [6.07, 6.45) is 2.66. The average molecular weight is 634 g/mol. The van der Waals surface area contributed by atoms with E-state index >= 15 is 0 Å². The average Bonchev–Trinajstić information content (AvgIpc) is 3.31. The highest BCUT2D eigenvalue weighted by atomic mass is 33.2. The van der Waals surface area contributed by atoms with Crippen LogP contribution >= 0.6 is 9.52 Å². The van der Waals surface area contributed by atoms with Gasteiger partial charge < -0.3 is 24.1 Å². The Kier molecular flexibility index (Phi) is 10.6. The molecule has 0 spiro atoms. The summed E-state index contributed by atoms with van der Waals surface area (Å²) in [6.45, 7) is 1.24. The van der Waals surface area contributed by atoms with Crippen molar-refractivity contribution < 1.29 is 50.3 Å². The first-order chi connectivity index (χ1) is 19.4. The molecule has 0 saturated heterocycles. The number of allylic oxidation sites excluding steroid dienone is 2. The van der Waals surface area contributed by atoms with Gasteiger partial charge in [0.1, 0.15) is 5.75 Å². The van der Waals surface area contributed by atoms with Crippen molar-refractivity contribution in [2.75, 3.05) is 20.8 Å². The number of hydrogen-bond donors (Lipinski definition) is 1. The lowest BCUT2D eigenvalue weighted by Gasteiger charge is -2.13. The number of pyridine rings is 1. The molecule has 222 valence electrons. The Morgan fingerprint density at radius 2 is 1.98 bits per heavy atom. The fourth-order valence-electron chi connectivity index (χ4n) is 3.38. The molecule has 0 bridgehead atoms. The molecule has 0 aliphatic carbocycles. The number of aromatic nitrogens is 3. The van der Waals surface area contributed by atoms with Crippen molar-refractivity contribution in [2.45, 2.75) is 24.4 Å². The minimum Gasteiger partial charge on any atom is -0.493 e. The van der Waals surface area contributed by atoms with Gasteiger partial charge in [-0.05, 0) is 45.4 Å². The molecule has 1 N–H and O–H groups in total. The quantitative estimate of drug-likeness (QED) is 0.120. The minimum absolute atomic E-state index is 0.0592. The third-order valence-corrected chi connectivity index (χ3v) is 11.1. The molecule has 41 heavy (non-hydrogen) atoms. The van der Waals surface area contributed by atoms with Crippen LogP contribution in [0.3, 0.4) is 0 Å². The number of fused-ring (bicyclic) bond motifs is 1. The zero-order valence-corrected chi connectivity index (χ0v) is 24.3. The molecule has 0 fully saturated rings. The first-order valence-electron chi connectivity index (χ1n) is 11.3. The van der Waals surface area contributed by atoms with Crippen LogP contribution < -0.4 is 14.2 Å². The van der Waals surface area contributed by atoms with E-state index in [1.54, 1.807) is 0 Å². The van der Waals surface area contributed by atoms with E-state index in [4.69, 9.17) is 19.3 Å². The monoisotopic (exact) mass is 633 g/mol. The van der Waals surface area contributed by atoms with Gasteiger partial charge in [-0.1, -0.05) is 6.58 Å². The van der Waals surface area contributed by atoms with Gasteiger partial charge >= 0.3 is 12.6 Å². The molecule has 2 atom stereocenters. The van der Waals surface area contributed by atoms with Gasteiger partial charge in [-0.2, -0.15) is 17.2 Å². The SMILES string of the molecule is C=C/S(=C\C=C(/C)OCC(=O)O)S(=O)(=O)n1c(S(=O)Cc2nccc(OC)c2OC)nc2cc(OC(F)F)ccc21. The summed E-state index contributed by atoms with van der Waals surface area (Å²) < 4.78 is 87.9. The smallest absolute Gasteiger partial charge is 0.387 e. The molecule has 0 aliphatic rings. The van der Waals surface area contributed by atoms with Gasteiger partial charge in [0, 0.05) is 18.3 Å². The molecule has 3 aromatic rings. The first kappa shape index (κ1) is 31.7. The number of rotatable bonds is 14. The highest BCUT2D eigenvalue weighted by molar-refractivity contribution is 8.80. The Morgan fingerprint density at radius 3 is 2.59 bits per heavy atom. The van der Waals surface area contributed by atoms with Gasteiger partial charge in [-0.3, -0.25) is 9.19 Å². The third kappa shape index (κ3) is 7.47. The Bertz CT molecular complexity index is 1650. The molecule has 0 amide bonds. The maximum absolute atomic E-state index is 13.9. The van der Waals surface area contributed by atoms with Crippen LogP contribution in [0.25, 0.3) is 11.0 Å². The van der Waals surface area contributed by atoms with Crippen molar-refractivity contribution in [2.24, 2.45) is 0 Å². The van der Waals surface area contributed by atoms with E-state index < -0.39 is 53.7 Å². The molecular weight excluding hydrogens is 608 g/mol. The van der Waals surface area contributed by atoms with E-state index in [0.29, 0.717) is 5.75 Å². The number of nitrogens with zero attached hydrogens (tertiary/aromatic N) is 3. The van der Waals surface area contributed by atoms with Crippen LogP contribution in [0.15, 0.2) is 59.4 Å². The summed E-state index contributed by atoms with van der Waals surface area (Å²) in [5, 5.41) is 10.7. The standard InChI is InChI=1S/C24H25F2N3O9S3/c1-5-39(11-9-15(2)37-13-21(30)31)41(33,34)29-19-7-6-16(38-23(25)26)12-17(19)28-24(29)40(32)14-18-22(36-4)20(35-3)8-10-27-18/h5-12,23H,1,13-14H2,2-4H3,(H,30,31)/b15-9+. The largest absolute Gasteiger partial charge is 0.493 e. The molecule has 2 heterocycles. The maximum Gasteiger partial charge on any atom is 0.387 e. The van der Waals surface area contributed by atoms with E-state index in [9.17, 15) is 26.2 Å². The van der Waals surface area contributed by atoms with Gasteiger partial charge in [0.25, 0.3) is 9.06 Å². The van der Waals surface area contributed by atoms with Crippen LogP contribution in [0, 0.1) is 0 Å². The van der Waals surface area contributed by atoms with Crippen molar-refractivity contribution >= 4 is 51.7 Å². The molecule has 12 nitrogen and oxygen atoms in total. The highest BCUT2D eigenvalue weighted by Gasteiger charge is 2.29. The summed E-state index contributed by atoms with van der Waals surface area (Å²) in [4.78, 5) is 19.1. The number of hydrogen-bond acceptors (Lipinski definition) is 10. The predicted octanol–water partition coefficient (Wildman–Crippen LogP) is 3.67. The molecule has 0 radical (unpaired) electrons. The molecule has 0 saturated carbocycles. The summed E-state index contributed by atoms with van der Waals surface area (Å²) in [5.41, 5.74) is 0.0483. The van der Waals surface area contributed by atoms with E-state index in [1.807, 2.05) is 0 Å². The van der Waals surface area contributed by atoms with Crippen molar-refractivity contribution in [3.8, 4) is 17.2 Å². The Balaban J connectivity index is 2.19. The number of imidazole rings is 1. The van der Waals surface area contributed by atoms with Crippen LogP contribution in [0.4, 0.5) is 8.78 Å². The normalized spacial score (nSPS) is 13.7. The molecule has 1 aromatic carbocycles. The topological polar surface area (TPSA) is 156 Å². The minimum atomic E-state index is -4.46. The second kappa shape index (κ2) is 13.7. The first-order valence-corrected chi connectivity index (χ1v) is 15.9. The van der Waals surface area contributed by atoms with Gasteiger partial charge in [-0.25, -0.2) is 13.8 Å². The molecule has 17 heteroatoms. The van der Waals surface area contributed by atoms with Gasteiger partial charge in [-0.15, -0.1) is 0 Å². The Hall–Kier alpha value is -3.83. The number of carboxylic acid groups (broad SMARTS) is 1. The van der Waals surface area contributed by atoms with Gasteiger partial charge in [0.05, 0.1) is 53.3 Å². The summed E-state index contributed by atoms with van der Waals surface area (Å²) in [5.74, 6) is -1.24. The Labute approximate surface area is 238 Å². The van der Waals surface area contributed by atoms with Crippen molar-refractivity contribution in [3.63, 3.8) is 0 Å². The van der Waals surface area contributed by atoms with Crippen LogP contribution in [-0.4, -0.2) is 70.4 Å². The van der Waals surface area contributed by atoms with Crippen molar-refractivity contribution in [1.29, 1.82) is 0 Å². The predicted molar refractivity (Wildman–Crippen MR) is 149 cm³/mol. The number of methoxy groups -OCH3 is 2. The number of carbonyl (C=O) groups is 1. The summed E-state index contributed by atoms with van der Waals surface area (Å²) >= 11 is 0. The van der Waals surface area contributed by atoms with E-state index in [2.05, 4.69) is 21.3 Å². The number of halogens is 2. The van der Waals surface area contributed by atoms with E-state index in [-0.39, 0.29) is 39.7 Å². The third-order valence-electron chi connectivity index (χ3n) is 5.11. The lowest BCUT2D eigenvalue weighted by atomic mass is 10.3. The fraction of sp³-hybridized carbons (Fsp3) is 0.250. The maximum atomic E-state index is 13.9. The second-order valence-corrected chi connectivity index (χ2v) is 14.0. The number of ether oxygens (including phenoxy) is 4. The molecule has 2 aromatic heterocycles. The Morgan fingerprint density at radius 1 is 1.24 bits per heavy atom. The lowest BCUT2D eigenvalue weighted by Crippen LogP contribution is -2.16. The molecular formula is C24H25F2N3O9S3. The van der Waals surface area contributed by atoms with Gasteiger partial charge in [0.15, 0.2) is 18.1 Å².